The molecule has 2 aromatic heterocycles. The molecule has 14 heteroatoms. The fourth-order valence-corrected chi connectivity index (χ4v) is 4.87. The number of rotatable bonds is 9. The third kappa shape index (κ3) is 5.28. The van der Waals surface area contributed by atoms with E-state index >= 15 is 4.39 Å². The number of benzene rings is 2. The zero-order valence-electron chi connectivity index (χ0n) is 22.6. The van der Waals surface area contributed by atoms with Gasteiger partial charge in [0.2, 0.25) is 5.95 Å². The molecule has 214 valence electrons. The van der Waals surface area contributed by atoms with Crippen LogP contribution in [0.25, 0.3) is 22.2 Å². The predicted octanol–water partition coefficient (Wildman–Crippen LogP) is 4.47. The lowest BCUT2D eigenvalue weighted by molar-refractivity contribution is -0.384. The summed E-state index contributed by atoms with van der Waals surface area (Å²) in [7, 11) is 4.44. The van der Waals surface area contributed by atoms with E-state index in [0.29, 0.717) is 25.3 Å². The summed E-state index contributed by atoms with van der Waals surface area (Å²) in [5.74, 6) is -0.362. The van der Waals surface area contributed by atoms with Crippen LogP contribution in [0.4, 0.5) is 32.2 Å². The highest BCUT2D eigenvalue weighted by Gasteiger charge is 2.26. The van der Waals surface area contributed by atoms with E-state index < -0.39 is 16.8 Å². The van der Waals surface area contributed by atoms with E-state index in [-0.39, 0.29) is 47.5 Å². The number of carbonyl (C=O) groups is 1. The molecule has 0 fully saturated rings. The molecule has 0 saturated heterocycles. The molecule has 1 aliphatic heterocycles. The summed E-state index contributed by atoms with van der Waals surface area (Å²) in [5.41, 5.74) is 2.60. The Morgan fingerprint density at radius 1 is 1.29 bits per heavy atom. The highest BCUT2D eigenvalue weighted by Crippen LogP contribution is 2.40. The number of aromatic nitrogens is 3. The third-order valence-electron chi connectivity index (χ3n) is 7.01. The molecule has 1 aliphatic rings. The maximum atomic E-state index is 15.2. The average molecular weight is 566 g/mol. The van der Waals surface area contributed by atoms with Gasteiger partial charge in [-0.2, -0.15) is 0 Å². The zero-order chi connectivity index (χ0) is 29.3. The Bertz CT molecular complexity index is 1640. The molecule has 0 atom stereocenters. The molecule has 1 amide bonds. The van der Waals surface area contributed by atoms with Gasteiger partial charge >= 0.3 is 6.09 Å². The van der Waals surface area contributed by atoms with E-state index in [4.69, 9.17) is 14.6 Å². The topological polar surface area (TPSA) is 148 Å². The standard InChI is InChI=1S/C27H28FN7O6/c1-32(8-9-33(2)27(36)37)20-13-23(40-3)18(12-21(20)35(38)39)30-26-29-14-17(28)25(31-26)24-16-6-4-5-7-19(16)34-10-11-41-15-22(24)34/h4-7,12-14H,8-11,15H2,1-3H3,(H,36,37)(H,29,30,31). The van der Waals surface area contributed by atoms with Gasteiger partial charge < -0.3 is 34.3 Å². The van der Waals surface area contributed by atoms with E-state index in [0.717, 1.165) is 27.7 Å². The summed E-state index contributed by atoms with van der Waals surface area (Å²) in [6.45, 7) is 1.80. The van der Waals surface area contributed by atoms with Crippen molar-refractivity contribution in [1.82, 2.24) is 19.4 Å². The number of amides is 1. The van der Waals surface area contributed by atoms with Gasteiger partial charge in [-0.05, 0) is 6.07 Å². The number of nitro benzene ring substituents is 1. The molecule has 0 spiro atoms. The van der Waals surface area contributed by atoms with Gasteiger partial charge in [-0.25, -0.2) is 19.2 Å². The minimum absolute atomic E-state index is 0.0129. The van der Waals surface area contributed by atoms with Crippen molar-refractivity contribution in [2.24, 2.45) is 0 Å². The van der Waals surface area contributed by atoms with Gasteiger partial charge in [0.25, 0.3) is 5.69 Å². The average Bonchev–Trinajstić information content (AvgIpc) is 3.30. The maximum Gasteiger partial charge on any atom is 0.407 e. The first-order valence-corrected chi connectivity index (χ1v) is 12.7. The van der Waals surface area contributed by atoms with Crippen molar-refractivity contribution in [3.05, 3.63) is 64.2 Å². The SMILES string of the molecule is COc1cc(N(C)CCN(C)C(=O)O)c([N+](=O)[O-])cc1Nc1ncc(F)c(-c2c3n(c4ccccc24)CCOC3)n1. The molecule has 5 rings (SSSR count). The van der Waals surface area contributed by atoms with Crippen LogP contribution in [0, 0.1) is 15.9 Å². The number of nitro groups is 1. The molecule has 0 radical (unpaired) electrons. The summed E-state index contributed by atoms with van der Waals surface area (Å²) < 4.78 is 28.5. The fourth-order valence-electron chi connectivity index (χ4n) is 4.87. The third-order valence-corrected chi connectivity index (χ3v) is 7.01. The van der Waals surface area contributed by atoms with E-state index in [1.807, 2.05) is 24.3 Å². The fraction of sp³-hybridized carbons (Fsp3) is 0.296. The molecule has 0 aliphatic carbocycles. The highest BCUT2D eigenvalue weighted by atomic mass is 19.1. The van der Waals surface area contributed by atoms with Crippen LogP contribution in [0.5, 0.6) is 5.75 Å². The van der Waals surface area contributed by atoms with Crippen molar-refractivity contribution >= 4 is 40.0 Å². The second kappa shape index (κ2) is 11.3. The Morgan fingerprint density at radius 3 is 2.80 bits per heavy atom. The lowest BCUT2D eigenvalue weighted by Crippen LogP contribution is -2.34. The number of ether oxygens (including phenoxy) is 2. The number of nitrogens with one attached hydrogen (secondary N) is 1. The number of hydrogen-bond acceptors (Lipinski definition) is 9. The number of para-hydroxylation sites is 1. The zero-order valence-corrected chi connectivity index (χ0v) is 22.6. The second-order valence-corrected chi connectivity index (χ2v) is 9.48. The van der Waals surface area contributed by atoms with E-state index in [1.54, 1.807) is 11.9 Å². The van der Waals surface area contributed by atoms with Crippen molar-refractivity contribution < 1.29 is 28.7 Å². The van der Waals surface area contributed by atoms with Crippen LogP contribution in [0.2, 0.25) is 0 Å². The van der Waals surface area contributed by atoms with Crippen LogP contribution in [-0.2, 0) is 17.9 Å². The summed E-state index contributed by atoms with van der Waals surface area (Å²) >= 11 is 0. The number of halogens is 1. The maximum absolute atomic E-state index is 15.2. The van der Waals surface area contributed by atoms with Crippen LogP contribution >= 0.6 is 0 Å². The van der Waals surface area contributed by atoms with Crippen LogP contribution in [0.3, 0.4) is 0 Å². The van der Waals surface area contributed by atoms with Gasteiger partial charge in [-0.1, -0.05) is 18.2 Å². The summed E-state index contributed by atoms with van der Waals surface area (Å²) in [5, 5.41) is 24.9. The molecule has 0 unspecified atom stereocenters. The van der Waals surface area contributed by atoms with Gasteiger partial charge in [0, 0.05) is 62.3 Å². The van der Waals surface area contributed by atoms with Gasteiger partial charge in [0.1, 0.15) is 17.1 Å². The number of carboxylic acid groups (broad SMARTS) is 1. The molecular formula is C27H28FN7O6. The van der Waals surface area contributed by atoms with Crippen molar-refractivity contribution in [3.63, 3.8) is 0 Å². The number of likely N-dealkylation sites (N-methyl/N-ethyl adjacent to an activating group) is 2. The monoisotopic (exact) mass is 565 g/mol. The normalized spacial score (nSPS) is 12.6. The Labute approximate surface area is 233 Å². The van der Waals surface area contributed by atoms with Gasteiger partial charge in [-0.3, -0.25) is 10.1 Å². The molecule has 4 aromatic rings. The smallest absolute Gasteiger partial charge is 0.407 e. The quantitative estimate of drug-likeness (QED) is 0.220. The van der Waals surface area contributed by atoms with Crippen molar-refractivity contribution in [2.45, 2.75) is 13.2 Å². The Balaban J connectivity index is 1.52. The van der Waals surface area contributed by atoms with E-state index in [2.05, 4.69) is 19.9 Å². The first kappa shape index (κ1) is 27.6. The van der Waals surface area contributed by atoms with Gasteiger partial charge in [0.15, 0.2) is 5.82 Å². The Hall–Kier alpha value is -4.98. The first-order chi connectivity index (χ1) is 19.7. The summed E-state index contributed by atoms with van der Waals surface area (Å²) in [6.07, 6.45) is -0.0557. The van der Waals surface area contributed by atoms with Crippen molar-refractivity contribution in [1.29, 1.82) is 0 Å². The minimum Gasteiger partial charge on any atom is -0.494 e. The highest BCUT2D eigenvalue weighted by molar-refractivity contribution is 5.97. The van der Waals surface area contributed by atoms with Crippen LogP contribution < -0.4 is 15.0 Å². The number of anilines is 3. The molecule has 13 nitrogen and oxygen atoms in total. The Kier molecular flexibility index (Phi) is 7.57. The molecule has 41 heavy (non-hydrogen) atoms. The molecule has 3 heterocycles. The first-order valence-electron chi connectivity index (χ1n) is 12.7. The van der Waals surface area contributed by atoms with Gasteiger partial charge in [-0.15, -0.1) is 0 Å². The minimum atomic E-state index is -1.11. The van der Waals surface area contributed by atoms with Crippen LogP contribution in [0.15, 0.2) is 42.6 Å². The second-order valence-electron chi connectivity index (χ2n) is 9.48. The molecule has 2 aromatic carbocycles. The lowest BCUT2D eigenvalue weighted by Gasteiger charge is -2.23. The van der Waals surface area contributed by atoms with Crippen LogP contribution in [-0.4, -0.2) is 76.5 Å². The number of methoxy groups -OCH3 is 1. The van der Waals surface area contributed by atoms with Crippen molar-refractivity contribution in [3.8, 4) is 17.0 Å². The predicted molar refractivity (Wildman–Crippen MR) is 149 cm³/mol. The molecule has 2 N–H and O–H groups in total. The van der Waals surface area contributed by atoms with Crippen LogP contribution in [0.1, 0.15) is 5.69 Å². The molecule has 0 saturated carbocycles. The number of hydrogen-bond donors (Lipinski definition) is 2. The molecular weight excluding hydrogens is 537 g/mol. The lowest BCUT2D eigenvalue weighted by atomic mass is 10.1. The molecule has 0 bridgehead atoms. The van der Waals surface area contributed by atoms with E-state index in [9.17, 15) is 14.9 Å². The van der Waals surface area contributed by atoms with Gasteiger partial charge in [0.05, 0.1) is 42.8 Å². The number of nitrogens with zero attached hydrogens (tertiary/aromatic N) is 6. The Morgan fingerprint density at radius 2 is 2.07 bits per heavy atom. The van der Waals surface area contributed by atoms with Crippen molar-refractivity contribution in [2.75, 3.05) is 51.1 Å². The summed E-state index contributed by atoms with van der Waals surface area (Å²) in [6, 6.07) is 10.4. The largest absolute Gasteiger partial charge is 0.494 e. The number of fused-ring (bicyclic) bond motifs is 3. The summed E-state index contributed by atoms with van der Waals surface area (Å²) in [4.78, 5) is 33.8. The van der Waals surface area contributed by atoms with E-state index in [1.165, 1.54) is 26.3 Å².